The first-order chi connectivity index (χ1) is 7.45. The van der Waals surface area contributed by atoms with Gasteiger partial charge in [0, 0.05) is 5.56 Å². The molecule has 0 aliphatic carbocycles. The molecule has 0 fully saturated rings. The van der Waals surface area contributed by atoms with Crippen LogP contribution in [0.25, 0.3) is 0 Å². The van der Waals surface area contributed by atoms with Crippen molar-refractivity contribution in [3.63, 3.8) is 0 Å². The molecule has 6 heteroatoms. The fraction of sp³-hybridized carbons (Fsp3) is 0.200. The van der Waals surface area contributed by atoms with E-state index in [1.807, 2.05) is 0 Å². The Labute approximate surface area is 89.5 Å². The molecule has 1 aromatic rings. The molecule has 1 rings (SSSR count). The fourth-order valence-electron chi connectivity index (χ4n) is 0.999. The topological polar surface area (TPSA) is 52.9 Å². The first kappa shape index (κ1) is 12.0. The van der Waals surface area contributed by atoms with Crippen LogP contribution in [0.15, 0.2) is 12.1 Å². The lowest BCUT2D eigenvalue weighted by Gasteiger charge is -2.06. The fourth-order valence-corrected chi connectivity index (χ4v) is 0.999. The smallest absolute Gasteiger partial charge is 0.252 e. The molecule has 0 aromatic heterocycles. The van der Waals surface area contributed by atoms with Gasteiger partial charge in [-0.2, -0.15) is 5.26 Å². The third-order valence-corrected chi connectivity index (χ3v) is 1.79. The summed E-state index contributed by atoms with van der Waals surface area (Å²) in [6.07, 6.45) is 0. The summed E-state index contributed by atoms with van der Waals surface area (Å²) in [5.74, 6) is -5.37. The highest BCUT2D eigenvalue weighted by atomic mass is 19.2. The van der Waals surface area contributed by atoms with Crippen LogP contribution in [0.5, 0.6) is 0 Å². The number of hydrogen-bond acceptors (Lipinski definition) is 2. The van der Waals surface area contributed by atoms with E-state index in [9.17, 15) is 18.0 Å². The summed E-state index contributed by atoms with van der Waals surface area (Å²) in [6, 6.07) is 2.05. The highest BCUT2D eigenvalue weighted by Crippen LogP contribution is 2.13. The SMILES string of the molecule is CC(C#N)NC(=O)c1cc(F)c(F)c(F)c1. The van der Waals surface area contributed by atoms with Crippen molar-refractivity contribution in [1.82, 2.24) is 5.32 Å². The van der Waals surface area contributed by atoms with E-state index >= 15 is 0 Å². The highest BCUT2D eigenvalue weighted by Gasteiger charge is 2.15. The van der Waals surface area contributed by atoms with Crippen molar-refractivity contribution in [1.29, 1.82) is 5.26 Å². The number of carbonyl (C=O) groups is 1. The Balaban J connectivity index is 2.98. The molecule has 1 amide bonds. The molecular weight excluding hydrogens is 221 g/mol. The third-order valence-electron chi connectivity index (χ3n) is 1.79. The first-order valence-electron chi connectivity index (χ1n) is 4.30. The maximum Gasteiger partial charge on any atom is 0.252 e. The average Bonchev–Trinajstić information content (AvgIpc) is 2.24. The minimum absolute atomic E-state index is 0.376. The predicted octanol–water partition coefficient (Wildman–Crippen LogP) is 1.75. The molecule has 0 aliphatic rings. The highest BCUT2D eigenvalue weighted by molar-refractivity contribution is 5.94. The van der Waals surface area contributed by atoms with Crippen molar-refractivity contribution < 1.29 is 18.0 Å². The summed E-state index contributed by atoms with van der Waals surface area (Å²) in [6.45, 7) is 1.40. The van der Waals surface area contributed by atoms with Gasteiger partial charge in [0.15, 0.2) is 17.5 Å². The Hall–Kier alpha value is -2.03. The molecule has 0 saturated carbocycles. The summed E-state index contributed by atoms with van der Waals surface area (Å²) in [5.41, 5.74) is -0.376. The predicted molar refractivity (Wildman–Crippen MR) is 48.9 cm³/mol. The third kappa shape index (κ3) is 2.51. The summed E-state index contributed by atoms with van der Waals surface area (Å²) in [5, 5.41) is 10.6. The van der Waals surface area contributed by atoms with E-state index in [-0.39, 0.29) is 5.56 Å². The van der Waals surface area contributed by atoms with Gasteiger partial charge in [-0.1, -0.05) is 0 Å². The van der Waals surface area contributed by atoms with Gasteiger partial charge >= 0.3 is 0 Å². The van der Waals surface area contributed by atoms with Crippen molar-refractivity contribution in [3.8, 4) is 6.07 Å². The largest absolute Gasteiger partial charge is 0.337 e. The molecule has 0 radical (unpaired) electrons. The van der Waals surface area contributed by atoms with Crippen molar-refractivity contribution >= 4 is 5.91 Å². The van der Waals surface area contributed by atoms with E-state index in [0.29, 0.717) is 12.1 Å². The van der Waals surface area contributed by atoms with Gasteiger partial charge in [0.2, 0.25) is 0 Å². The van der Waals surface area contributed by atoms with E-state index in [1.54, 1.807) is 6.07 Å². The van der Waals surface area contributed by atoms with Gasteiger partial charge in [-0.15, -0.1) is 0 Å². The van der Waals surface area contributed by atoms with Gasteiger partial charge in [-0.25, -0.2) is 13.2 Å². The molecule has 0 saturated heterocycles. The average molecular weight is 228 g/mol. The molecule has 0 aliphatic heterocycles. The molecule has 84 valence electrons. The lowest BCUT2D eigenvalue weighted by atomic mass is 10.2. The van der Waals surface area contributed by atoms with E-state index < -0.39 is 29.4 Å². The van der Waals surface area contributed by atoms with Crippen LogP contribution < -0.4 is 5.32 Å². The number of carbonyl (C=O) groups excluding carboxylic acids is 1. The number of benzene rings is 1. The van der Waals surface area contributed by atoms with Gasteiger partial charge in [0.05, 0.1) is 6.07 Å². The summed E-state index contributed by atoms with van der Waals surface area (Å²) >= 11 is 0. The number of nitrogens with zero attached hydrogens (tertiary/aromatic N) is 1. The van der Waals surface area contributed by atoms with Crippen molar-refractivity contribution in [3.05, 3.63) is 35.1 Å². The quantitative estimate of drug-likeness (QED) is 0.784. The normalized spacial score (nSPS) is 11.7. The second kappa shape index (κ2) is 4.66. The van der Waals surface area contributed by atoms with Gasteiger partial charge in [-0.05, 0) is 19.1 Å². The minimum atomic E-state index is -1.63. The molecular formula is C10H7F3N2O. The second-order valence-corrected chi connectivity index (χ2v) is 3.08. The number of halogens is 3. The molecule has 0 heterocycles. The van der Waals surface area contributed by atoms with Crippen molar-refractivity contribution in [2.45, 2.75) is 13.0 Å². The van der Waals surface area contributed by atoms with Gasteiger partial charge in [0.25, 0.3) is 5.91 Å². The lowest BCUT2D eigenvalue weighted by molar-refractivity contribution is 0.0946. The maximum absolute atomic E-state index is 12.8. The molecule has 16 heavy (non-hydrogen) atoms. The second-order valence-electron chi connectivity index (χ2n) is 3.08. The zero-order valence-electron chi connectivity index (χ0n) is 8.22. The van der Waals surface area contributed by atoms with Crippen molar-refractivity contribution in [2.24, 2.45) is 0 Å². The number of hydrogen-bond donors (Lipinski definition) is 1. The molecule has 1 N–H and O–H groups in total. The van der Waals surface area contributed by atoms with Crippen LogP contribution in [0.2, 0.25) is 0 Å². The van der Waals surface area contributed by atoms with Gasteiger partial charge < -0.3 is 5.32 Å². The zero-order valence-corrected chi connectivity index (χ0v) is 8.22. The summed E-state index contributed by atoms with van der Waals surface area (Å²) in [7, 11) is 0. The number of amides is 1. The lowest BCUT2D eigenvalue weighted by Crippen LogP contribution is -2.31. The van der Waals surface area contributed by atoms with Crippen LogP contribution in [0, 0.1) is 28.8 Å². The van der Waals surface area contributed by atoms with Gasteiger partial charge in [-0.3, -0.25) is 4.79 Å². The molecule has 0 spiro atoms. The van der Waals surface area contributed by atoms with Gasteiger partial charge in [0.1, 0.15) is 6.04 Å². The monoisotopic (exact) mass is 228 g/mol. The van der Waals surface area contributed by atoms with Crippen LogP contribution in [-0.2, 0) is 0 Å². The van der Waals surface area contributed by atoms with E-state index in [0.717, 1.165) is 0 Å². The zero-order chi connectivity index (χ0) is 12.3. The number of nitrogens with one attached hydrogen (secondary N) is 1. The Morgan fingerprint density at radius 3 is 2.31 bits per heavy atom. The Kier molecular flexibility index (Phi) is 3.51. The molecule has 3 nitrogen and oxygen atoms in total. The first-order valence-corrected chi connectivity index (χ1v) is 4.30. The maximum atomic E-state index is 12.8. The molecule has 0 bridgehead atoms. The molecule has 1 aromatic carbocycles. The molecule has 1 unspecified atom stereocenters. The summed E-state index contributed by atoms with van der Waals surface area (Å²) in [4.78, 5) is 11.3. The van der Waals surface area contributed by atoms with E-state index in [1.165, 1.54) is 6.92 Å². The Morgan fingerprint density at radius 2 is 1.88 bits per heavy atom. The standard InChI is InChI=1S/C10H7F3N2O/c1-5(4-14)15-10(16)6-2-7(11)9(13)8(12)3-6/h2-3,5H,1H3,(H,15,16). The van der Waals surface area contributed by atoms with Crippen LogP contribution in [-0.4, -0.2) is 11.9 Å². The van der Waals surface area contributed by atoms with E-state index in [2.05, 4.69) is 5.32 Å². The molecule has 1 atom stereocenters. The van der Waals surface area contributed by atoms with Crippen LogP contribution in [0.3, 0.4) is 0 Å². The Morgan fingerprint density at radius 1 is 1.38 bits per heavy atom. The Bertz CT molecular complexity index is 445. The van der Waals surface area contributed by atoms with Crippen LogP contribution >= 0.6 is 0 Å². The minimum Gasteiger partial charge on any atom is -0.337 e. The van der Waals surface area contributed by atoms with Crippen molar-refractivity contribution in [2.75, 3.05) is 0 Å². The van der Waals surface area contributed by atoms with Crippen LogP contribution in [0.1, 0.15) is 17.3 Å². The van der Waals surface area contributed by atoms with Crippen LogP contribution in [0.4, 0.5) is 13.2 Å². The van der Waals surface area contributed by atoms with E-state index in [4.69, 9.17) is 5.26 Å². The summed E-state index contributed by atoms with van der Waals surface area (Å²) < 4.78 is 38.1. The number of rotatable bonds is 2. The number of nitriles is 1.